The largest absolute Gasteiger partial charge is 0.394 e. The minimum absolute atomic E-state index is 0.00929. The number of hydrogen-bond donors (Lipinski definition) is 2. The number of ether oxygens (including phenoxy) is 1. The predicted octanol–water partition coefficient (Wildman–Crippen LogP) is 0.416. The number of carbonyl (C=O) groups is 1. The van der Waals surface area contributed by atoms with Gasteiger partial charge in [-0.2, -0.15) is 0 Å². The standard InChI is InChI=1S/C13H18FN3O3/c14-9-7-11(12(15)16-8-9)13(19)17-3-1-10(2-4-17)20-6-5-18/h7-8,10,18H,1-6H2,(H2,15,16). The van der Waals surface area contributed by atoms with E-state index in [1.807, 2.05) is 0 Å². The molecular formula is C13H18FN3O3. The summed E-state index contributed by atoms with van der Waals surface area (Å²) in [4.78, 5) is 17.5. The van der Waals surface area contributed by atoms with Gasteiger partial charge in [-0.1, -0.05) is 0 Å². The zero-order valence-corrected chi connectivity index (χ0v) is 11.1. The molecule has 0 saturated carbocycles. The minimum Gasteiger partial charge on any atom is -0.394 e. The Kier molecular flexibility index (Phi) is 4.86. The van der Waals surface area contributed by atoms with Crippen LogP contribution >= 0.6 is 0 Å². The monoisotopic (exact) mass is 283 g/mol. The van der Waals surface area contributed by atoms with E-state index in [2.05, 4.69) is 4.98 Å². The third-order valence-electron chi connectivity index (χ3n) is 3.29. The maximum Gasteiger partial charge on any atom is 0.257 e. The molecule has 0 unspecified atom stereocenters. The Morgan fingerprint density at radius 3 is 2.90 bits per heavy atom. The molecule has 2 rings (SSSR count). The van der Waals surface area contributed by atoms with Crippen molar-refractivity contribution in [2.24, 2.45) is 0 Å². The van der Waals surface area contributed by atoms with Gasteiger partial charge in [0.1, 0.15) is 11.6 Å². The van der Waals surface area contributed by atoms with Crippen LogP contribution in [0.2, 0.25) is 0 Å². The molecule has 1 saturated heterocycles. The van der Waals surface area contributed by atoms with Gasteiger partial charge in [0, 0.05) is 13.1 Å². The van der Waals surface area contributed by atoms with Crippen LogP contribution in [0.5, 0.6) is 0 Å². The van der Waals surface area contributed by atoms with E-state index < -0.39 is 5.82 Å². The molecule has 20 heavy (non-hydrogen) atoms. The van der Waals surface area contributed by atoms with Gasteiger partial charge in [0.2, 0.25) is 0 Å². The van der Waals surface area contributed by atoms with Crippen LogP contribution in [0.15, 0.2) is 12.3 Å². The molecule has 1 amide bonds. The number of aromatic nitrogens is 1. The molecule has 0 spiro atoms. The lowest BCUT2D eigenvalue weighted by Crippen LogP contribution is -2.41. The molecule has 1 fully saturated rings. The number of halogens is 1. The van der Waals surface area contributed by atoms with Crippen molar-refractivity contribution in [1.29, 1.82) is 0 Å². The van der Waals surface area contributed by atoms with Crippen molar-refractivity contribution in [1.82, 2.24) is 9.88 Å². The smallest absolute Gasteiger partial charge is 0.257 e. The average Bonchev–Trinajstić information content (AvgIpc) is 2.47. The summed E-state index contributed by atoms with van der Waals surface area (Å²) in [5.41, 5.74) is 5.71. The molecule has 1 aromatic rings. The van der Waals surface area contributed by atoms with E-state index in [-0.39, 0.29) is 30.0 Å². The summed E-state index contributed by atoms with van der Waals surface area (Å²) in [6.07, 6.45) is 2.42. The van der Waals surface area contributed by atoms with Gasteiger partial charge in [0.15, 0.2) is 0 Å². The number of amides is 1. The zero-order valence-electron chi connectivity index (χ0n) is 11.1. The van der Waals surface area contributed by atoms with Crippen molar-refractivity contribution < 1.29 is 19.0 Å². The van der Waals surface area contributed by atoms with Crippen molar-refractivity contribution >= 4 is 11.7 Å². The molecule has 0 bridgehead atoms. The SMILES string of the molecule is Nc1ncc(F)cc1C(=O)N1CCC(OCCO)CC1. The Labute approximate surface area is 116 Å². The highest BCUT2D eigenvalue weighted by Crippen LogP contribution is 2.18. The number of pyridine rings is 1. The van der Waals surface area contributed by atoms with Crippen LogP contribution in [-0.4, -0.2) is 53.3 Å². The van der Waals surface area contributed by atoms with Crippen LogP contribution in [0.1, 0.15) is 23.2 Å². The predicted molar refractivity (Wildman–Crippen MR) is 70.6 cm³/mol. The number of nitrogens with zero attached hydrogens (tertiary/aromatic N) is 2. The van der Waals surface area contributed by atoms with E-state index in [0.29, 0.717) is 32.5 Å². The summed E-state index contributed by atoms with van der Waals surface area (Å²) in [6.45, 7) is 1.33. The van der Waals surface area contributed by atoms with Crippen LogP contribution in [0.3, 0.4) is 0 Å². The second kappa shape index (κ2) is 6.62. The van der Waals surface area contributed by atoms with Gasteiger partial charge < -0.3 is 20.5 Å². The Morgan fingerprint density at radius 2 is 2.25 bits per heavy atom. The van der Waals surface area contributed by atoms with E-state index in [1.165, 1.54) is 0 Å². The first-order valence-corrected chi connectivity index (χ1v) is 6.54. The first kappa shape index (κ1) is 14.7. The maximum absolute atomic E-state index is 13.1. The van der Waals surface area contributed by atoms with Crippen LogP contribution < -0.4 is 5.73 Å². The molecule has 1 aliphatic rings. The lowest BCUT2D eigenvalue weighted by Gasteiger charge is -2.32. The minimum atomic E-state index is -0.580. The first-order chi connectivity index (χ1) is 9.61. The quantitative estimate of drug-likeness (QED) is 0.836. The maximum atomic E-state index is 13.1. The van der Waals surface area contributed by atoms with E-state index in [9.17, 15) is 9.18 Å². The molecule has 110 valence electrons. The molecule has 7 heteroatoms. The molecule has 0 atom stereocenters. The van der Waals surface area contributed by atoms with Gasteiger partial charge >= 0.3 is 0 Å². The number of hydrogen-bond acceptors (Lipinski definition) is 5. The van der Waals surface area contributed by atoms with Gasteiger partial charge in [-0.15, -0.1) is 0 Å². The molecule has 0 aromatic carbocycles. The molecule has 3 N–H and O–H groups in total. The molecule has 0 radical (unpaired) electrons. The highest BCUT2D eigenvalue weighted by Gasteiger charge is 2.25. The summed E-state index contributed by atoms with van der Waals surface area (Å²) in [5.74, 6) is -0.853. The van der Waals surface area contributed by atoms with Gasteiger partial charge in [-0.3, -0.25) is 4.79 Å². The van der Waals surface area contributed by atoms with Gasteiger partial charge in [0.05, 0.1) is 31.1 Å². The lowest BCUT2D eigenvalue weighted by atomic mass is 10.1. The fourth-order valence-electron chi connectivity index (χ4n) is 2.24. The van der Waals surface area contributed by atoms with Crippen molar-refractivity contribution in [3.05, 3.63) is 23.6 Å². The summed E-state index contributed by atoms with van der Waals surface area (Å²) >= 11 is 0. The topological polar surface area (TPSA) is 88.7 Å². The fourth-order valence-corrected chi connectivity index (χ4v) is 2.24. The number of likely N-dealkylation sites (tertiary alicyclic amines) is 1. The average molecular weight is 283 g/mol. The molecule has 1 aromatic heterocycles. The summed E-state index contributed by atoms with van der Waals surface area (Å²) < 4.78 is 18.6. The van der Waals surface area contributed by atoms with Crippen LogP contribution in [0.4, 0.5) is 10.2 Å². The first-order valence-electron chi connectivity index (χ1n) is 6.54. The third kappa shape index (κ3) is 3.43. The second-order valence-electron chi connectivity index (χ2n) is 4.67. The van der Waals surface area contributed by atoms with Crippen LogP contribution in [0.25, 0.3) is 0 Å². The Bertz CT molecular complexity index is 476. The summed E-state index contributed by atoms with van der Waals surface area (Å²) in [7, 11) is 0. The zero-order chi connectivity index (χ0) is 14.5. The Balaban J connectivity index is 1.96. The van der Waals surface area contributed by atoms with Gasteiger partial charge in [-0.25, -0.2) is 9.37 Å². The second-order valence-corrected chi connectivity index (χ2v) is 4.67. The van der Waals surface area contributed by atoms with E-state index in [0.717, 1.165) is 12.3 Å². The van der Waals surface area contributed by atoms with Crippen LogP contribution in [-0.2, 0) is 4.74 Å². The van der Waals surface area contributed by atoms with E-state index >= 15 is 0 Å². The van der Waals surface area contributed by atoms with Crippen molar-refractivity contribution in [3.8, 4) is 0 Å². The van der Waals surface area contributed by atoms with E-state index in [1.54, 1.807) is 4.90 Å². The number of rotatable bonds is 4. The molecule has 0 aliphatic carbocycles. The summed E-state index contributed by atoms with van der Waals surface area (Å²) in [5, 5.41) is 8.70. The van der Waals surface area contributed by atoms with Crippen molar-refractivity contribution in [2.75, 3.05) is 32.0 Å². The summed E-state index contributed by atoms with van der Waals surface area (Å²) in [6, 6.07) is 1.11. The third-order valence-corrected chi connectivity index (χ3v) is 3.29. The highest BCUT2D eigenvalue weighted by atomic mass is 19.1. The number of anilines is 1. The molecule has 2 heterocycles. The van der Waals surface area contributed by atoms with Crippen molar-refractivity contribution in [3.63, 3.8) is 0 Å². The van der Waals surface area contributed by atoms with Gasteiger partial charge in [-0.05, 0) is 18.9 Å². The van der Waals surface area contributed by atoms with Crippen LogP contribution in [0, 0.1) is 5.82 Å². The van der Waals surface area contributed by atoms with Crippen molar-refractivity contribution in [2.45, 2.75) is 18.9 Å². The fraction of sp³-hybridized carbons (Fsp3) is 0.538. The number of nitrogen functional groups attached to an aromatic ring is 1. The Hall–Kier alpha value is -1.73. The highest BCUT2D eigenvalue weighted by molar-refractivity contribution is 5.98. The number of aliphatic hydroxyl groups excluding tert-OH is 1. The normalized spacial score (nSPS) is 16.4. The lowest BCUT2D eigenvalue weighted by molar-refractivity contribution is -0.00553. The number of piperidine rings is 1. The molecular weight excluding hydrogens is 265 g/mol. The molecule has 1 aliphatic heterocycles. The number of aliphatic hydroxyl groups is 1. The molecule has 6 nitrogen and oxygen atoms in total. The van der Waals surface area contributed by atoms with Gasteiger partial charge in [0.25, 0.3) is 5.91 Å². The Morgan fingerprint density at radius 1 is 1.55 bits per heavy atom. The number of carbonyl (C=O) groups excluding carboxylic acids is 1. The number of nitrogens with two attached hydrogens (primary N) is 1. The van der Waals surface area contributed by atoms with E-state index in [4.69, 9.17) is 15.6 Å².